The third-order valence-corrected chi connectivity index (χ3v) is 5.84. The molecule has 5 nitrogen and oxygen atoms in total. The minimum absolute atomic E-state index is 0.222. The van der Waals surface area contributed by atoms with E-state index in [4.69, 9.17) is 16.3 Å². The third kappa shape index (κ3) is 5.69. The van der Waals surface area contributed by atoms with Crippen molar-refractivity contribution in [3.8, 4) is 22.7 Å². The largest absolute Gasteiger partial charge is 0.497 e. The SMILES string of the molecule is COc1cccc(CCNC(=O)c2ccc(-c3cc(C(C)(F)F)nn3-c3ccccc3Cl)cc2)c1. The van der Waals surface area contributed by atoms with Crippen molar-refractivity contribution >= 4 is 17.5 Å². The highest BCUT2D eigenvalue weighted by Crippen LogP contribution is 2.33. The van der Waals surface area contributed by atoms with Gasteiger partial charge in [-0.15, -0.1) is 0 Å². The van der Waals surface area contributed by atoms with Gasteiger partial charge >= 0.3 is 0 Å². The molecule has 4 aromatic rings. The molecule has 0 radical (unpaired) electrons. The quantitative estimate of drug-likeness (QED) is 0.313. The summed E-state index contributed by atoms with van der Waals surface area (Å²) in [5, 5.41) is 7.41. The Morgan fingerprint density at radius 3 is 2.49 bits per heavy atom. The fourth-order valence-electron chi connectivity index (χ4n) is 3.65. The molecule has 0 spiro atoms. The Bertz CT molecular complexity index is 1330. The molecule has 0 saturated carbocycles. The normalized spacial score (nSPS) is 11.3. The summed E-state index contributed by atoms with van der Waals surface area (Å²) >= 11 is 6.31. The number of aromatic nitrogens is 2. The number of carbonyl (C=O) groups is 1. The van der Waals surface area contributed by atoms with E-state index in [0.717, 1.165) is 18.2 Å². The average Bonchev–Trinajstić information content (AvgIpc) is 3.30. The van der Waals surface area contributed by atoms with Gasteiger partial charge in [0.1, 0.15) is 11.4 Å². The number of alkyl halides is 2. The standard InChI is InChI=1S/C27H24ClF2N3O2/c1-27(29,30)25-17-24(33(32-25)23-9-4-3-8-22(23)28)19-10-12-20(13-11-19)26(34)31-15-14-18-6-5-7-21(16-18)35-2/h3-13,16-17H,14-15H2,1-2H3,(H,31,34). The predicted octanol–water partition coefficient (Wildman–Crippen LogP) is 6.29. The maximum absolute atomic E-state index is 14.1. The Kier molecular flexibility index (Phi) is 7.17. The minimum atomic E-state index is -3.12. The summed E-state index contributed by atoms with van der Waals surface area (Å²) in [4.78, 5) is 12.6. The van der Waals surface area contributed by atoms with Crippen LogP contribution in [0.4, 0.5) is 8.78 Å². The van der Waals surface area contributed by atoms with Crippen LogP contribution in [0.1, 0.15) is 28.5 Å². The zero-order chi connectivity index (χ0) is 25.0. The van der Waals surface area contributed by atoms with Crippen molar-refractivity contribution in [2.75, 3.05) is 13.7 Å². The fraction of sp³-hybridized carbons (Fsp3) is 0.185. The van der Waals surface area contributed by atoms with E-state index in [-0.39, 0.29) is 11.6 Å². The molecule has 0 bridgehead atoms. The first-order valence-corrected chi connectivity index (χ1v) is 11.4. The number of para-hydroxylation sites is 1. The lowest BCUT2D eigenvalue weighted by Crippen LogP contribution is -2.25. The van der Waals surface area contributed by atoms with Crippen LogP contribution in [0.5, 0.6) is 5.75 Å². The van der Waals surface area contributed by atoms with Crippen LogP contribution < -0.4 is 10.1 Å². The van der Waals surface area contributed by atoms with Gasteiger partial charge in [0, 0.05) is 24.6 Å². The average molecular weight is 496 g/mol. The van der Waals surface area contributed by atoms with Crippen LogP contribution in [0.3, 0.4) is 0 Å². The van der Waals surface area contributed by atoms with Crippen LogP contribution in [-0.2, 0) is 12.3 Å². The van der Waals surface area contributed by atoms with Crippen LogP contribution in [0.2, 0.25) is 5.02 Å². The van der Waals surface area contributed by atoms with Crippen molar-refractivity contribution in [3.05, 3.63) is 101 Å². The van der Waals surface area contributed by atoms with E-state index in [1.165, 1.54) is 10.7 Å². The van der Waals surface area contributed by atoms with Gasteiger partial charge in [-0.05, 0) is 54.4 Å². The van der Waals surface area contributed by atoms with Gasteiger partial charge in [-0.25, -0.2) is 4.68 Å². The predicted molar refractivity (Wildman–Crippen MR) is 133 cm³/mol. The van der Waals surface area contributed by atoms with Crippen molar-refractivity contribution in [1.82, 2.24) is 15.1 Å². The molecular formula is C27H24ClF2N3O2. The van der Waals surface area contributed by atoms with Crippen molar-refractivity contribution in [2.45, 2.75) is 19.3 Å². The van der Waals surface area contributed by atoms with Gasteiger partial charge in [-0.3, -0.25) is 4.79 Å². The number of carbonyl (C=O) groups excluding carboxylic acids is 1. The summed E-state index contributed by atoms with van der Waals surface area (Å²) < 4.78 is 34.8. The minimum Gasteiger partial charge on any atom is -0.497 e. The summed E-state index contributed by atoms with van der Waals surface area (Å²) in [6.45, 7) is 1.26. The van der Waals surface area contributed by atoms with Gasteiger partial charge in [-0.1, -0.05) is 48.0 Å². The van der Waals surface area contributed by atoms with Crippen LogP contribution in [0.15, 0.2) is 78.9 Å². The zero-order valence-electron chi connectivity index (χ0n) is 19.3. The smallest absolute Gasteiger partial charge is 0.288 e. The van der Waals surface area contributed by atoms with Gasteiger partial charge in [0.25, 0.3) is 11.8 Å². The van der Waals surface area contributed by atoms with E-state index >= 15 is 0 Å². The molecule has 0 saturated heterocycles. The molecule has 8 heteroatoms. The highest BCUT2D eigenvalue weighted by atomic mass is 35.5. The molecule has 0 aliphatic heterocycles. The Hall–Kier alpha value is -3.71. The first kappa shape index (κ1) is 24.4. The van der Waals surface area contributed by atoms with Crippen LogP contribution in [0, 0.1) is 0 Å². The number of nitrogens with one attached hydrogen (secondary N) is 1. The number of hydrogen-bond donors (Lipinski definition) is 1. The highest BCUT2D eigenvalue weighted by molar-refractivity contribution is 6.32. The number of benzene rings is 3. The molecule has 0 aliphatic carbocycles. The summed E-state index contributed by atoms with van der Waals surface area (Å²) in [5.41, 5.74) is 2.70. The Morgan fingerprint density at radius 2 is 1.80 bits per heavy atom. The number of nitrogens with zero attached hydrogens (tertiary/aromatic N) is 2. The molecule has 0 fully saturated rings. The number of amides is 1. The van der Waals surface area contributed by atoms with Gasteiger partial charge < -0.3 is 10.1 Å². The number of halogens is 3. The van der Waals surface area contributed by atoms with Crippen molar-refractivity contribution in [1.29, 1.82) is 0 Å². The van der Waals surface area contributed by atoms with Gasteiger partial charge in [0.2, 0.25) is 0 Å². The maximum atomic E-state index is 14.1. The van der Waals surface area contributed by atoms with Gasteiger partial charge in [0.05, 0.1) is 23.5 Å². The molecule has 0 aliphatic rings. The zero-order valence-corrected chi connectivity index (χ0v) is 20.0. The topological polar surface area (TPSA) is 56.1 Å². The first-order chi connectivity index (χ1) is 16.8. The van der Waals surface area contributed by atoms with Crippen molar-refractivity contribution in [3.63, 3.8) is 0 Å². The second kappa shape index (κ2) is 10.3. The number of hydrogen-bond acceptors (Lipinski definition) is 3. The van der Waals surface area contributed by atoms with Gasteiger partial charge in [-0.2, -0.15) is 13.9 Å². The second-order valence-electron chi connectivity index (χ2n) is 8.10. The summed E-state index contributed by atoms with van der Waals surface area (Å²) in [6, 6.07) is 22.6. The van der Waals surface area contributed by atoms with E-state index in [9.17, 15) is 13.6 Å². The van der Waals surface area contributed by atoms with E-state index in [0.29, 0.717) is 40.5 Å². The van der Waals surface area contributed by atoms with Crippen LogP contribution >= 0.6 is 11.6 Å². The summed E-state index contributed by atoms with van der Waals surface area (Å²) in [6.07, 6.45) is 0.659. The monoisotopic (exact) mass is 495 g/mol. The lowest BCUT2D eigenvalue weighted by Gasteiger charge is -2.10. The Labute approximate surface area is 207 Å². The fourth-order valence-corrected chi connectivity index (χ4v) is 3.87. The lowest BCUT2D eigenvalue weighted by molar-refractivity contribution is 0.0124. The molecule has 0 unspecified atom stereocenters. The molecule has 1 amide bonds. The van der Waals surface area contributed by atoms with E-state index in [1.54, 1.807) is 55.6 Å². The molecule has 4 rings (SSSR count). The van der Waals surface area contributed by atoms with Crippen LogP contribution in [-0.4, -0.2) is 29.3 Å². The van der Waals surface area contributed by atoms with Gasteiger partial charge in [0.15, 0.2) is 0 Å². The highest BCUT2D eigenvalue weighted by Gasteiger charge is 2.30. The molecule has 0 atom stereocenters. The second-order valence-corrected chi connectivity index (χ2v) is 8.51. The lowest BCUT2D eigenvalue weighted by atomic mass is 10.1. The molecule has 35 heavy (non-hydrogen) atoms. The summed E-state index contributed by atoms with van der Waals surface area (Å²) in [5.74, 6) is -2.58. The van der Waals surface area contributed by atoms with Crippen LogP contribution in [0.25, 0.3) is 16.9 Å². The number of methoxy groups -OCH3 is 1. The Balaban J connectivity index is 1.52. The van der Waals surface area contributed by atoms with E-state index in [1.807, 2.05) is 24.3 Å². The summed E-state index contributed by atoms with van der Waals surface area (Å²) in [7, 11) is 1.61. The maximum Gasteiger partial charge on any atom is 0.288 e. The first-order valence-electron chi connectivity index (χ1n) is 11.0. The molecule has 3 aromatic carbocycles. The number of ether oxygens (including phenoxy) is 1. The Morgan fingerprint density at radius 1 is 1.06 bits per heavy atom. The molecule has 1 heterocycles. The van der Waals surface area contributed by atoms with E-state index in [2.05, 4.69) is 10.4 Å². The third-order valence-electron chi connectivity index (χ3n) is 5.52. The molecular weight excluding hydrogens is 472 g/mol. The van der Waals surface area contributed by atoms with Crippen molar-refractivity contribution in [2.24, 2.45) is 0 Å². The molecule has 1 aromatic heterocycles. The molecule has 180 valence electrons. The number of rotatable bonds is 8. The molecule has 1 N–H and O–H groups in total. The van der Waals surface area contributed by atoms with E-state index < -0.39 is 5.92 Å². The van der Waals surface area contributed by atoms with Crippen molar-refractivity contribution < 1.29 is 18.3 Å².